The Morgan fingerprint density at radius 1 is 1.19 bits per heavy atom. The number of ether oxygens (including phenoxy) is 3. The molecule has 2 atom stereocenters. The molecular formula is C22H31N3O6. The molecule has 0 spiro atoms. The van der Waals surface area contributed by atoms with Crippen LogP contribution in [0.4, 0.5) is 0 Å². The molecule has 2 saturated heterocycles. The minimum absolute atomic E-state index is 0.0725. The highest BCUT2D eigenvalue weighted by Gasteiger charge is 2.30. The second kappa shape index (κ2) is 11.8. The molecule has 0 radical (unpaired) electrons. The third kappa shape index (κ3) is 7.02. The van der Waals surface area contributed by atoms with Gasteiger partial charge in [-0.05, 0) is 37.0 Å². The highest BCUT2D eigenvalue weighted by Crippen LogP contribution is 2.13. The van der Waals surface area contributed by atoms with Crippen LogP contribution >= 0.6 is 0 Å². The first-order valence-corrected chi connectivity index (χ1v) is 10.7. The summed E-state index contributed by atoms with van der Waals surface area (Å²) >= 11 is 0. The van der Waals surface area contributed by atoms with Crippen LogP contribution in [0.15, 0.2) is 24.3 Å². The van der Waals surface area contributed by atoms with Gasteiger partial charge >= 0.3 is 11.8 Å². The monoisotopic (exact) mass is 433 g/mol. The third-order valence-corrected chi connectivity index (χ3v) is 5.42. The second-order valence-electron chi connectivity index (χ2n) is 7.75. The molecule has 9 nitrogen and oxygen atoms in total. The summed E-state index contributed by atoms with van der Waals surface area (Å²) < 4.78 is 16.1. The number of carbonyl (C=O) groups excluding carboxylic acids is 3. The average Bonchev–Trinajstić information content (AvgIpc) is 3.48. The summed E-state index contributed by atoms with van der Waals surface area (Å²) in [6, 6.07) is 6.99. The van der Waals surface area contributed by atoms with E-state index in [1.807, 2.05) is 0 Å². The van der Waals surface area contributed by atoms with Crippen molar-refractivity contribution in [1.29, 1.82) is 0 Å². The number of benzene rings is 1. The Labute approximate surface area is 182 Å². The maximum atomic E-state index is 12.4. The number of carbonyl (C=O) groups is 3. The van der Waals surface area contributed by atoms with Gasteiger partial charge in [0.05, 0.1) is 25.4 Å². The van der Waals surface area contributed by atoms with E-state index >= 15 is 0 Å². The average molecular weight is 434 g/mol. The predicted molar refractivity (Wildman–Crippen MR) is 112 cm³/mol. The number of rotatable bonds is 9. The van der Waals surface area contributed by atoms with Crippen LogP contribution < -0.4 is 10.6 Å². The Bertz CT molecular complexity index is 765. The molecular weight excluding hydrogens is 402 g/mol. The summed E-state index contributed by atoms with van der Waals surface area (Å²) in [5, 5.41) is 5.52. The molecule has 2 unspecified atom stereocenters. The first-order valence-electron chi connectivity index (χ1n) is 10.7. The van der Waals surface area contributed by atoms with Crippen LogP contribution in [0.3, 0.4) is 0 Å². The van der Waals surface area contributed by atoms with Gasteiger partial charge in [0.15, 0.2) is 0 Å². The molecule has 170 valence electrons. The number of nitrogens with one attached hydrogen (secondary N) is 2. The van der Waals surface area contributed by atoms with Crippen molar-refractivity contribution in [1.82, 2.24) is 15.5 Å². The van der Waals surface area contributed by atoms with E-state index in [2.05, 4.69) is 10.6 Å². The molecule has 3 amide bonds. The van der Waals surface area contributed by atoms with Crippen LogP contribution in [0.25, 0.3) is 0 Å². The summed E-state index contributed by atoms with van der Waals surface area (Å²) in [5.41, 5.74) is 1.25. The number of hydrogen-bond donors (Lipinski definition) is 2. The lowest BCUT2D eigenvalue weighted by molar-refractivity contribution is -0.145. The zero-order valence-electron chi connectivity index (χ0n) is 17.9. The van der Waals surface area contributed by atoms with E-state index < -0.39 is 11.8 Å². The Hall–Kier alpha value is -2.49. The Morgan fingerprint density at radius 3 is 2.84 bits per heavy atom. The van der Waals surface area contributed by atoms with Gasteiger partial charge in [0.1, 0.15) is 0 Å². The standard InChI is InChI=1S/C22H31N3O6/c1-29-10-11-31-19-7-8-25(15-19)22(28)21(27)23-13-16-4-2-5-17(12-16)20(26)24-14-18-6-3-9-30-18/h2,4-5,12,18-19H,3,6-11,13-15H2,1H3,(H,23,27)(H,24,26). The second-order valence-corrected chi connectivity index (χ2v) is 7.75. The van der Waals surface area contributed by atoms with Crippen LogP contribution in [0.5, 0.6) is 0 Å². The van der Waals surface area contributed by atoms with Crippen LogP contribution in [0, 0.1) is 0 Å². The summed E-state index contributed by atoms with van der Waals surface area (Å²) in [6.07, 6.45) is 2.68. The van der Waals surface area contributed by atoms with Crippen LogP contribution in [-0.4, -0.2) is 81.4 Å². The quantitative estimate of drug-likeness (QED) is 0.433. The largest absolute Gasteiger partial charge is 0.382 e. The molecule has 31 heavy (non-hydrogen) atoms. The fourth-order valence-corrected chi connectivity index (χ4v) is 3.68. The van der Waals surface area contributed by atoms with Gasteiger partial charge in [0.25, 0.3) is 5.91 Å². The smallest absolute Gasteiger partial charge is 0.311 e. The van der Waals surface area contributed by atoms with Gasteiger partial charge in [0, 0.05) is 45.5 Å². The van der Waals surface area contributed by atoms with E-state index in [1.165, 1.54) is 4.90 Å². The number of hydrogen-bond acceptors (Lipinski definition) is 6. The lowest BCUT2D eigenvalue weighted by Gasteiger charge is -2.16. The van der Waals surface area contributed by atoms with Gasteiger partial charge in [-0.2, -0.15) is 0 Å². The van der Waals surface area contributed by atoms with E-state index in [1.54, 1.807) is 31.4 Å². The Balaban J connectivity index is 1.43. The van der Waals surface area contributed by atoms with Crippen molar-refractivity contribution in [2.24, 2.45) is 0 Å². The minimum atomic E-state index is -0.661. The van der Waals surface area contributed by atoms with Gasteiger partial charge in [-0.3, -0.25) is 14.4 Å². The first-order chi connectivity index (χ1) is 15.1. The number of nitrogens with zero attached hydrogens (tertiary/aromatic N) is 1. The number of methoxy groups -OCH3 is 1. The molecule has 1 aromatic carbocycles. The fraction of sp³-hybridized carbons (Fsp3) is 0.591. The van der Waals surface area contributed by atoms with Gasteiger partial charge in [-0.1, -0.05) is 12.1 Å². The zero-order chi connectivity index (χ0) is 22.1. The van der Waals surface area contributed by atoms with Crippen molar-refractivity contribution in [3.8, 4) is 0 Å². The summed E-state index contributed by atoms with van der Waals surface area (Å²) in [7, 11) is 1.60. The van der Waals surface area contributed by atoms with Gasteiger partial charge in [0.2, 0.25) is 0 Å². The van der Waals surface area contributed by atoms with E-state index in [9.17, 15) is 14.4 Å². The van der Waals surface area contributed by atoms with Crippen molar-refractivity contribution in [3.05, 3.63) is 35.4 Å². The highest BCUT2D eigenvalue weighted by atomic mass is 16.5. The van der Waals surface area contributed by atoms with Crippen LogP contribution in [0.1, 0.15) is 35.2 Å². The number of likely N-dealkylation sites (tertiary alicyclic amines) is 1. The van der Waals surface area contributed by atoms with Crippen LogP contribution in [-0.2, 0) is 30.3 Å². The fourth-order valence-electron chi connectivity index (χ4n) is 3.68. The lowest BCUT2D eigenvalue weighted by atomic mass is 10.1. The van der Waals surface area contributed by atoms with Crippen molar-refractivity contribution in [2.45, 2.75) is 38.0 Å². The van der Waals surface area contributed by atoms with Crippen molar-refractivity contribution >= 4 is 17.7 Å². The molecule has 3 rings (SSSR count). The van der Waals surface area contributed by atoms with Gasteiger partial charge < -0.3 is 29.7 Å². The minimum Gasteiger partial charge on any atom is -0.382 e. The molecule has 0 aliphatic carbocycles. The zero-order valence-corrected chi connectivity index (χ0v) is 17.9. The molecule has 0 bridgehead atoms. The molecule has 1 aromatic rings. The van der Waals surface area contributed by atoms with E-state index in [0.717, 1.165) is 25.0 Å². The van der Waals surface area contributed by atoms with E-state index in [4.69, 9.17) is 14.2 Å². The molecule has 0 aromatic heterocycles. The van der Waals surface area contributed by atoms with Gasteiger partial charge in [-0.15, -0.1) is 0 Å². The Morgan fingerprint density at radius 2 is 2.06 bits per heavy atom. The predicted octanol–water partition coefficient (Wildman–Crippen LogP) is 0.476. The van der Waals surface area contributed by atoms with Crippen LogP contribution in [0.2, 0.25) is 0 Å². The van der Waals surface area contributed by atoms with Crippen molar-refractivity contribution < 1.29 is 28.6 Å². The van der Waals surface area contributed by atoms with Crippen molar-refractivity contribution in [3.63, 3.8) is 0 Å². The molecule has 2 N–H and O–H groups in total. The summed E-state index contributed by atoms with van der Waals surface area (Å²) in [5.74, 6) is -1.41. The third-order valence-electron chi connectivity index (χ3n) is 5.42. The molecule has 2 fully saturated rings. The maximum Gasteiger partial charge on any atom is 0.311 e. The van der Waals surface area contributed by atoms with E-state index in [0.29, 0.717) is 44.8 Å². The SMILES string of the molecule is COCCOC1CCN(C(=O)C(=O)NCc2cccc(C(=O)NCC3CCCO3)c2)C1. The topological polar surface area (TPSA) is 106 Å². The number of amides is 3. The molecule has 0 saturated carbocycles. The molecule has 2 aliphatic heterocycles. The van der Waals surface area contributed by atoms with E-state index in [-0.39, 0.29) is 24.7 Å². The maximum absolute atomic E-state index is 12.4. The first kappa shape index (κ1) is 23.2. The molecule has 9 heteroatoms. The normalized spacial score (nSPS) is 20.6. The molecule has 2 aliphatic rings. The summed E-state index contributed by atoms with van der Waals surface area (Å²) in [6.45, 7) is 3.25. The highest BCUT2D eigenvalue weighted by molar-refractivity contribution is 6.35. The lowest BCUT2D eigenvalue weighted by Crippen LogP contribution is -2.42. The summed E-state index contributed by atoms with van der Waals surface area (Å²) in [4.78, 5) is 38.5. The Kier molecular flexibility index (Phi) is 8.81. The molecule has 2 heterocycles. The van der Waals surface area contributed by atoms with Gasteiger partial charge in [-0.25, -0.2) is 0 Å². The van der Waals surface area contributed by atoms with Crippen molar-refractivity contribution in [2.75, 3.05) is 46.6 Å².